The van der Waals surface area contributed by atoms with E-state index in [9.17, 15) is 5.11 Å². The highest BCUT2D eigenvalue weighted by Gasteiger charge is 2.31. The van der Waals surface area contributed by atoms with Crippen molar-refractivity contribution in [2.45, 2.75) is 52.1 Å². The number of aromatic hydroxyl groups is 1. The summed E-state index contributed by atoms with van der Waals surface area (Å²) >= 11 is 0. The van der Waals surface area contributed by atoms with Crippen LogP contribution < -0.4 is 5.32 Å². The number of phenolic OH excluding ortho intramolecular Hbond substituents is 1. The highest BCUT2D eigenvalue weighted by Crippen LogP contribution is 2.55. The van der Waals surface area contributed by atoms with Crippen LogP contribution in [0.15, 0.2) is 40.7 Å². The molecular formula is C20H30NOP. The fraction of sp³-hybridized carbons (Fsp3) is 0.500. The molecule has 2 rings (SSSR count). The second kappa shape index (κ2) is 7.64. The fourth-order valence-corrected chi connectivity index (χ4v) is 5.03. The maximum Gasteiger partial charge on any atom is 0.122 e. The van der Waals surface area contributed by atoms with E-state index in [1.54, 1.807) is 0 Å². The van der Waals surface area contributed by atoms with Crippen molar-refractivity contribution in [2.75, 3.05) is 13.6 Å². The number of para-hydroxylation sites is 1. The van der Waals surface area contributed by atoms with Gasteiger partial charge >= 0.3 is 0 Å². The van der Waals surface area contributed by atoms with Crippen molar-refractivity contribution >= 4 is 8.58 Å². The summed E-state index contributed by atoms with van der Waals surface area (Å²) in [5.74, 6) is 0.470. The zero-order chi connectivity index (χ0) is 17.0. The van der Waals surface area contributed by atoms with Crippen LogP contribution in [0.1, 0.15) is 51.2 Å². The van der Waals surface area contributed by atoms with Gasteiger partial charge in [0, 0.05) is 17.3 Å². The summed E-state index contributed by atoms with van der Waals surface area (Å²) in [5, 5.41) is 15.4. The molecule has 126 valence electrons. The normalized spacial score (nSPS) is 18.4. The van der Waals surface area contributed by atoms with E-state index < -0.39 is 0 Å². The van der Waals surface area contributed by atoms with Crippen LogP contribution in [0.25, 0.3) is 0 Å². The summed E-state index contributed by atoms with van der Waals surface area (Å²) in [6, 6.07) is 6.14. The number of rotatable bonds is 6. The lowest BCUT2D eigenvalue weighted by Crippen LogP contribution is -2.18. The van der Waals surface area contributed by atoms with Crippen LogP contribution in [-0.2, 0) is 5.16 Å². The monoisotopic (exact) mass is 331 g/mol. The van der Waals surface area contributed by atoms with E-state index in [-0.39, 0.29) is 5.16 Å². The van der Waals surface area contributed by atoms with Gasteiger partial charge in [-0.25, -0.2) is 0 Å². The largest absolute Gasteiger partial charge is 0.507 e. The number of benzene rings is 1. The van der Waals surface area contributed by atoms with Crippen molar-refractivity contribution in [3.05, 3.63) is 51.9 Å². The van der Waals surface area contributed by atoms with E-state index in [1.165, 1.54) is 16.5 Å². The summed E-state index contributed by atoms with van der Waals surface area (Å²) < 4.78 is 0. The molecule has 0 heterocycles. The lowest BCUT2D eigenvalue weighted by atomic mass is 9.94. The molecule has 0 fully saturated rings. The molecule has 0 saturated carbocycles. The first-order valence-corrected chi connectivity index (χ1v) is 9.54. The van der Waals surface area contributed by atoms with Gasteiger partial charge in [-0.15, -0.1) is 0 Å². The second-order valence-corrected chi connectivity index (χ2v) is 8.57. The number of likely N-dealkylation sites (N-methyl/N-ethyl adjacent to an activating group) is 1. The first-order chi connectivity index (χ1) is 10.9. The summed E-state index contributed by atoms with van der Waals surface area (Å²) in [5.41, 5.74) is 5.02. The average Bonchev–Trinajstić information content (AvgIpc) is 2.53. The van der Waals surface area contributed by atoms with Crippen LogP contribution >= 0.6 is 8.58 Å². The minimum Gasteiger partial charge on any atom is -0.507 e. The molecule has 0 aromatic heterocycles. The van der Waals surface area contributed by atoms with E-state index in [4.69, 9.17) is 0 Å². The van der Waals surface area contributed by atoms with Crippen LogP contribution in [0.2, 0.25) is 0 Å². The van der Waals surface area contributed by atoms with Crippen LogP contribution in [0.3, 0.4) is 0 Å². The smallest absolute Gasteiger partial charge is 0.122 e. The van der Waals surface area contributed by atoms with Crippen LogP contribution in [0.5, 0.6) is 5.75 Å². The average molecular weight is 331 g/mol. The van der Waals surface area contributed by atoms with Gasteiger partial charge in [0.2, 0.25) is 0 Å². The van der Waals surface area contributed by atoms with Gasteiger partial charge in [0.05, 0.1) is 0 Å². The first kappa shape index (κ1) is 18.2. The molecule has 2 N–H and O–H groups in total. The Kier molecular flexibility index (Phi) is 6.06. The Balaban J connectivity index is 2.44. The van der Waals surface area contributed by atoms with Crippen LogP contribution in [0.4, 0.5) is 0 Å². The lowest BCUT2D eigenvalue weighted by molar-refractivity contribution is 0.452. The van der Waals surface area contributed by atoms with Gasteiger partial charge in [0.25, 0.3) is 0 Å². The Bertz CT molecular complexity index is 633. The van der Waals surface area contributed by atoms with E-state index in [1.807, 2.05) is 20.0 Å². The van der Waals surface area contributed by atoms with Gasteiger partial charge in [0.15, 0.2) is 0 Å². The van der Waals surface area contributed by atoms with Crippen LogP contribution in [0, 0.1) is 6.92 Å². The topological polar surface area (TPSA) is 32.3 Å². The van der Waals surface area contributed by atoms with Gasteiger partial charge in [-0.1, -0.05) is 46.7 Å². The molecule has 0 aliphatic heterocycles. The molecule has 0 amide bonds. The highest BCUT2D eigenvalue weighted by molar-refractivity contribution is 7.45. The summed E-state index contributed by atoms with van der Waals surface area (Å²) in [7, 11) is 2.70. The van der Waals surface area contributed by atoms with E-state index in [2.05, 4.69) is 44.3 Å². The molecule has 2 unspecified atom stereocenters. The van der Waals surface area contributed by atoms with Crippen molar-refractivity contribution in [3.63, 3.8) is 0 Å². The van der Waals surface area contributed by atoms with Crippen molar-refractivity contribution < 1.29 is 5.11 Å². The zero-order valence-electron chi connectivity index (χ0n) is 15.1. The molecule has 1 aromatic rings. The first-order valence-electron chi connectivity index (χ1n) is 8.54. The standard InChI is InChI=1S/C20H30NOP/c1-6-20(4,17-12-8-9-14(2)18(17)22)23-19-15(3)10-7-11-16(19)13-21-5/h8-10,12,21-23H,6-7,11,13H2,1-5H3. The Morgan fingerprint density at radius 2 is 2.04 bits per heavy atom. The fourth-order valence-electron chi connectivity index (χ4n) is 3.27. The van der Waals surface area contributed by atoms with Crippen LogP contribution in [-0.4, -0.2) is 18.7 Å². The third kappa shape index (κ3) is 3.87. The molecule has 0 saturated heterocycles. The second-order valence-electron chi connectivity index (χ2n) is 6.72. The number of allylic oxidation sites excluding steroid dienone is 3. The van der Waals surface area contributed by atoms with Gasteiger partial charge in [-0.2, -0.15) is 0 Å². The molecular weight excluding hydrogens is 301 g/mol. The number of hydrogen-bond acceptors (Lipinski definition) is 2. The Hall–Kier alpha value is -1.11. The van der Waals surface area contributed by atoms with Gasteiger partial charge in [0.1, 0.15) is 5.75 Å². The summed E-state index contributed by atoms with van der Waals surface area (Å²) in [6.45, 7) is 9.71. The quantitative estimate of drug-likeness (QED) is 0.701. The van der Waals surface area contributed by atoms with Gasteiger partial charge in [-0.05, 0) is 62.2 Å². The Labute approximate surface area is 142 Å². The number of phenols is 1. The SMILES string of the molecule is CCC(C)(PC1=C(CNC)CCC=C1C)c1cccc(C)c1O. The molecule has 1 aliphatic carbocycles. The molecule has 0 radical (unpaired) electrons. The molecule has 0 bridgehead atoms. The van der Waals surface area contributed by atoms with E-state index >= 15 is 0 Å². The van der Waals surface area contributed by atoms with Gasteiger partial charge in [-0.3, -0.25) is 0 Å². The summed E-state index contributed by atoms with van der Waals surface area (Å²) in [6.07, 6.45) is 5.69. The minimum atomic E-state index is -0.0170. The Morgan fingerprint density at radius 3 is 2.70 bits per heavy atom. The van der Waals surface area contributed by atoms with E-state index in [0.29, 0.717) is 14.3 Å². The molecule has 23 heavy (non-hydrogen) atoms. The zero-order valence-corrected chi connectivity index (χ0v) is 16.1. The predicted octanol–water partition coefficient (Wildman–Crippen LogP) is 5.22. The van der Waals surface area contributed by atoms with Gasteiger partial charge < -0.3 is 10.4 Å². The highest BCUT2D eigenvalue weighted by atomic mass is 31.1. The molecule has 1 aliphatic rings. The third-order valence-corrected chi connectivity index (χ3v) is 7.15. The number of nitrogens with one attached hydrogen (secondary N) is 1. The van der Waals surface area contributed by atoms with E-state index in [0.717, 1.165) is 36.9 Å². The maximum absolute atomic E-state index is 10.6. The third-order valence-electron chi connectivity index (χ3n) is 4.97. The Morgan fingerprint density at radius 1 is 1.30 bits per heavy atom. The maximum atomic E-state index is 10.6. The van der Waals surface area contributed by atoms with Crippen molar-refractivity contribution in [3.8, 4) is 5.75 Å². The lowest BCUT2D eigenvalue weighted by Gasteiger charge is -2.34. The molecule has 2 atom stereocenters. The minimum absolute atomic E-state index is 0.0170. The molecule has 3 heteroatoms. The van der Waals surface area contributed by atoms with Crippen molar-refractivity contribution in [1.29, 1.82) is 0 Å². The predicted molar refractivity (Wildman–Crippen MR) is 103 cm³/mol. The summed E-state index contributed by atoms with van der Waals surface area (Å²) in [4.78, 5) is 0. The molecule has 2 nitrogen and oxygen atoms in total. The molecule has 1 aromatic carbocycles. The molecule has 0 spiro atoms. The van der Waals surface area contributed by atoms with Crippen molar-refractivity contribution in [2.24, 2.45) is 0 Å². The van der Waals surface area contributed by atoms with Crippen molar-refractivity contribution in [1.82, 2.24) is 5.32 Å². The number of hydrogen-bond donors (Lipinski definition) is 2. The number of aryl methyl sites for hydroxylation is 1.